The number of carbonyl (C=O) groups excluding carboxylic acids is 6. The summed E-state index contributed by atoms with van der Waals surface area (Å²) < 4.78 is 41.3. The van der Waals surface area contributed by atoms with E-state index >= 15 is 0 Å². The van der Waals surface area contributed by atoms with Crippen molar-refractivity contribution in [1.29, 1.82) is 0 Å². The van der Waals surface area contributed by atoms with Crippen molar-refractivity contribution in [2.24, 2.45) is 17.8 Å². The molecule has 2 fully saturated rings. The summed E-state index contributed by atoms with van der Waals surface area (Å²) in [6.45, 7) is 37.7. The average molecular weight is 957 g/mol. The van der Waals surface area contributed by atoms with Gasteiger partial charge in [-0.2, -0.15) is 0 Å². The molecule has 360 valence electrons. The second kappa shape index (κ2) is 31.2. The van der Waals surface area contributed by atoms with Crippen molar-refractivity contribution in [2.45, 2.75) is 197 Å². The smallest absolute Gasteiger partial charge is 0.769 e. The van der Waals surface area contributed by atoms with E-state index in [4.69, 9.17) is 33.0 Å². The molecule has 0 aromatic heterocycles. The predicted molar refractivity (Wildman–Crippen MR) is 241 cm³/mol. The summed E-state index contributed by atoms with van der Waals surface area (Å²) in [4.78, 5) is 71.7. The first kappa shape index (κ1) is 69.3. The molecule has 2 aliphatic heterocycles. The first-order chi connectivity index (χ1) is 27.1. The van der Waals surface area contributed by atoms with Gasteiger partial charge in [-0.05, 0) is 126 Å². The molecule has 5 atom stereocenters. The van der Waals surface area contributed by atoms with Gasteiger partial charge in [0.25, 0.3) is 0 Å². The van der Waals surface area contributed by atoms with Crippen LogP contribution in [0.2, 0.25) is 0 Å². The van der Waals surface area contributed by atoms with Gasteiger partial charge in [0, 0.05) is 0 Å². The summed E-state index contributed by atoms with van der Waals surface area (Å²) >= 11 is 6.78. The van der Waals surface area contributed by atoms with Gasteiger partial charge in [-0.25, -0.2) is 38.1 Å². The van der Waals surface area contributed by atoms with E-state index in [1.165, 1.54) is 0 Å². The maximum Gasteiger partial charge on any atom is 2.00 e. The van der Waals surface area contributed by atoms with Crippen LogP contribution < -0.4 is 25.3 Å². The van der Waals surface area contributed by atoms with Crippen LogP contribution >= 0.6 is 23.7 Å². The van der Waals surface area contributed by atoms with Crippen LogP contribution in [0, 0.1) is 17.8 Å². The van der Waals surface area contributed by atoms with E-state index in [0.29, 0.717) is 55.8 Å². The minimum absolute atomic E-state index is 0. The summed E-state index contributed by atoms with van der Waals surface area (Å²) in [5, 5.41) is 7.94. The number of alkyl carbamates (subject to hydrolysis) is 3. The fourth-order valence-electron chi connectivity index (χ4n) is 4.99. The van der Waals surface area contributed by atoms with E-state index in [1.807, 2.05) is 41.5 Å². The van der Waals surface area contributed by atoms with Crippen LogP contribution in [0.4, 0.5) is 14.4 Å². The number of Topliss-reactive ketones (excluding diaryl/α,β-unsaturated/α-hetero) is 3. The van der Waals surface area contributed by atoms with Crippen LogP contribution in [-0.4, -0.2) is 133 Å². The van der Waals surface area contributed by atoms with Gasteiger partial charge in [0.2, 0.25) is 0 Å². The summed E-state index contributed by atoms with van der Waals surface area (Å²) in [5.74, 6) is 0.597. The number of nitrogens with one attached hydrogen (secondary N) is 3. The molecule has 0 bridgehead atoms. The Morgan fingerprint density at radius 1 is 0.581 bits per heavy atom. The molecular weight excluding hydrogens is 877 g/mol. The number of hydrogen-bond donors (Lipinski definition) is 3. The van der Waals surface area contributed by atoms with Gasteiger partial charge >= 0.3 is 56.0 Å². The molecule has 0 saturated carbocycles. The van der Waals surface area contributed by atoms with Crippen molar-refractivity contribution < 1.29 is 61.8 Å². The van der Waals surface area contributed by atoms with Crippen LogP contribution in [0.1, 0.15) is 151 Å². The summed E-state index contributed by atoms with van der Waals surface area (Å²) in [6.07, 6.45) is 0.0492. The first-order valence-corrected chi connectivity index (χ1v) is 20.6. The molecule has 2 rings (SSSR count). The standard InChI is InChI=1S/2C14H25NO4.C14H25NO3.CH4.Ca.2ClO/c2*1-9(2)7-10(11(16)14(6)8-18-14)15-12(17)19-13(3,4)5;1-9(2)8-11(12(16)10(3)4)15-13(17)18-14(5,6)7;;;2*1-2/h2*9-10H,7-8H2,1-6H3,(H,15,17);9,11H,3,8H2,1-2,4-7H3,(H,15,17);1H4;;;/q;;;;+2;2*-1/t10-,14+;10-,14-;11-;;;;/m000..../s1. The first-order valence-electron chi connectivity index (χ1n) is 19.9. The Kier molecular flexibility index (Phi) is 34.9. The van der Waals surface area contributed by atoms with E-state index in [9.17, 15) is 28.8 Å². The number of epoxide rings is 2. The molecule has 0 unspecified atom stereocenters. The molecule has 3 amide bonds. The maximum absolute atomic E-state index is 12.3. The SMILES string of the molecule is C.C=C(C)C(=O)[C@H](CC(C)C)NC(=O)OC(C)(C)C.CC(C)C[C@H](NC(=O)OC(C)(C)C)C(=O)[C@@]1(C)CO1.CC(C)C[C@H](NC(=O)OC(C)(C)C)C(=O)[C@]1(C)CO1.[Ca+2].[O-]Cl.[O-]Cl. The zero-order chi connectivity index (χ0) is 48.2. The minimum Gasteiger partial charge on any atom is -0.769 e. The van der Waals surface area contributed by atoms with E-state index in [1.54, 1.807) is 83.1 Å². The maximum atomic E-state index is 12.3. The third-order valence-electron chi connectivity index (χ3n) is 7.76. The number of carbonyl (C=O) groups is 6. The van der Waals surface area contributed by atoms with Gasteiger partial charge in [0.05, 0.1) is 31.3 Å². The Bertz CT molecular complexity index is 1310. The molecule has 0 aromatic rings. The van der Waals surface area contributed by atoms with Gasteiger partial charge in [0.15, 0.2) is 17.3 Å². The van der Waals surface area contributed by atoms with Crippen LogP contribution in [0.25, 0.3) is 0 Å². The molecule has 2 heterocycles. The monoisotopic (exact) mass is 955 g/mol. The van der Waals surface area contributed by atoms with Crippen molar-refractivity contribution in [3.05, 3.63) is 12.2 Å². The molecule has 0 aliphatic carbocycles. The van der Waals surface area contributed by atoms with Gasteiger partial charge in [-0.1, -0.05) is 55.5 Å². The van der Waals surface area contributed by atoms with Crippen molar-refractivity contribution >= 4 is 97.1 Å². The summed E-state index contributed by atoms with van der Waals surface area (Å²) in [5.41, 5.74) is -2.73. The summed E-state index contributed by atoms with van der Waals surface area (Å²) in [7, 11) is 0. The second-order valence-electron chi connectivity index (χ2n) is 19.4. The van der Waals surface area contributed by atoms with E-state index < -0.39 is 64.4 Å². The van der Waals surface area contributed by atoms with Gasteiger partial charge in [0.1, 0.15) is 28.0 Å². The van der Waals surface area contributed by atoms with Gasteiger partial charge < -0.3 is 49.0 Å². The molecule has 0 spiro atoms. The molecule has 0 radical (unpaired) electrons. The minimum atomic E-state index is -0.728. The van der Waals surface area contributed by atoms with Crippen LogP contribution in [0.15, 0.2) is 12.2 Å². The second-order valence-corrected chi connectivity index (χ2v) is 19.4. The fraction of sp³-hybridized carbons (Fsp3) is 0.814. The van der Waals surface area contributed by atoms with Gasteiger partial charge in [-0.15, -0.1) is 0 Å². The van der Waals surface area contributed by atoms with Crippen molar-refractivity contribution in [2.75, 3.05) is 13.2 Å². The number of ketones is 3. The molecule has 0 aromatic carbocycles. The Morgan fingerprint density at radius 2 is 0.790 bits per heavy atom. The molecule has 62 heavy (non-hydrogen) atoms. The molecule has 3 N–H and O–H groups in total. The molecule has 2 aliphatic rings. The molecule has 16 nitrogen and oxygen atoms in total. The van der Waals surface area contributed by atoms with E-state index in [-0.39, 0.29) is 62.5 Å². The Hall–Kier alpha value is -1.76. The Morgan fingerprint density at radius 3 is 0.968 bits per heavy atom. The topological polar surface area (TPSA) is 237 Å². The van der Waals surface area contributed by atoms with Crippen molar-refractivity contribution in [3.63, 3.8) is 0 Å². The number of ether oxygens (including phenoxy) is 5. The quantitative estimate of drug-likeness (QED) is 0.0657. The third-order valence-corrected chi connectivity index (χ3v) is 7.76. The number of halogens is 2. The number of amides is 3. The van der Waals surface area contributed by atoms with Crippen molar-refractivity contribution in [3.8, 4) is 0 Å². The largest absolute Gasteiger partial charge is 2.00 e. The predicted octanol–water partition coefficient (Wildman–Crippen LogP) is 6.89. The summed E-state index contributed by atoms with van der Waals surface area (Å²) in [6, 6.07) is -1.66. The van der Waals surface area contributed by atoms with E-state index in [0.717, 1.165) is 0 Å². The molecule has 19 heteroatoms. The Labute approximate surface area is 412 Å². The number of rotatable bonds is 15. The zero-order valence-electron chi connectivity index (χ0n) is 40.0. The van der Waals surface area contributed by atoms with Crippen LogP contribution in [0.3, 0.4) is 0 Å². The van der Waals surface area contributed by atoms with Gasteiger partial charge in [-0.3, -0.25) is 14.4 Å². The van der Waals surface area contributed by atoms with Crippen LogP contribution in [-0.2, 0) is 38.1 Å². The third kappa shape index (κ3) is 33.7. The normalized spacial score (nSPS) is 18.7. The number of hydrogen-bond acceptors (Lipinski definition) is 13. The zero-order valence-corrected chi connectivity index (χ0v) is 43.7. The molecular formula is C43H79CaCl2N3O13. The average Bonchev–Trinajstić information content (AvgIpc) is 4.00. The van der Waals surface area contributed by atoms with E-state index in [2.05, 4.69) is 46.3 Å². The van der Waals surface area contributed by atoms with Crippen molar-refractivity contribution in [1.82, 2.24) is 16.0 Å². The fourth-order valence-corrected chi connectivity index (χ4v) is 4.99. The van der Waals surface area contributed by atoms with Crippen LogP contribution in [0.5, 0.6) is 0 Å². The molecule has 2 saturated heterocycles. The Balaban J connectivity index is -0.000000248.